The number of benzene rings is 2. The Morgan fingerprint density at radius 2 is 1.43 bits per heavy atom. The molecule has 1 fully saturated rings. The summed E-state index contributed by atoms with van der Waals surface area (Å²) in [4.78, 5) is 2.53. The Kier molecular flexibility index (Phi) is 9.87. The maximum absolute atomic E-state index is 13.4. The number of halogens is 3. The Labute approximate surface area is 172 Å². The fraction of sp³-hybridized carbons (Fsp3) is 0.455. The smallest absolute Gasteiger partial charge is 0.123 e. The second-order valence-electron chi connectivity index (χ2n) is 7.71. The predicted molar refractivity (Wildman–Crippen MR) is 114 cm³/mol. The van der Waals surface area contributed by atoms with E-state index in [1.165, 1.54) is 24.3 Å². The van der Waals surface area contributed by atoms with E-state index in [4.69, 9.17) is 0 Å². The molecule has 1 heterocycles. The summed E-state index contributed by atoms with van der Waals surface area (Å²) in [5.41, 5.74) is 1.98. The number of hydrogen-bond acceptors (Lipinski definition) is 2. The van der Waals surface area contributed by atoms with Crippen LogP contribution in [0.3, 0.4) is 0 Å². The van der Waals surface area contributed by atoms with Gasteiger partial charge in [-0.1, -0.05) is 26.0 Å². The van der Waals surface area contributed by atoms with Gasteiger partial charge in [0, 0.05) is 12.2 Å². The number of nitrogens with zero attached hydrogens (tertiary/aromatic N) is 1. The zero-order chi connectivity index (χ0) is 18.5. The van der Waals surface area contributed by atoms with E-state index >= 15 is 0 Å². The number of anilines is 1. The van der Waals surface area contributed by atoms with Crippen molar-refractivity contribution < 1.29 is 14.3 Å². The summed E-state index contributed by atoms with van der Waals surface area (Å²) in [5.74, 6) is 0.683. The van der Waals surface area contributed by atoms with Crippen molar-refractivity contribution >= 4 is 18.1 Å². The average molecular weight is 413 g/mol. The molecule has 1 atom stereocenters. The summed E-state index contributed by atoms with van der Waals surface area (Å²) in [6.07, 6.45) is 2.20. The molecule has 0 saturated carbocycles. The molecular weight excluding hydrogens is 382 g/mol. The molecule has 3 N–H and O–H groups in total. The zero-order valence-electron chi connectivity index (χ0n) is 16.5. The Bertz CT molecular complexity index is 687. The van der Waals surface area contributed by atoms with Crippen LogP contribution >= 0.6 is 12.4 Å². The van der Waals surface area contributed by atoms with Crippen molar-refractivity contribution in [1.82, 2.24) is 4.90 Å². The molecule has 28 heavy (non-hydrogen) atoms. The van der Waals surface area contributed by atoms with Crippen LogP contribution in [-0.2, 0) is 0 Å². The molecule has 1 aliphatic rings. The van der Waals surface area contributed by atoms with Crippen molar-refractivity contribution in [2.45, 2.75) is 32.7 Å². The van der Waals surface area contributed by atoms with Gasteiger partial charge in [-0.25, -0.2) is 8.78 Å². The summed E-state index contributed by atoms with van der Waals surface area (Å²) < 4.78 is 26.6. The van der Waals surface area contributed by atoms with Gasteiger partial charge in [-0.05, 0) is 79.7 Å². The van der Waals surface area contributed by atoms with Gasteiger partial charge in [0.15, 0.2) is 0 Å². The lowest BCUT2D eigenvalue weighted by Gasteiger charge is -2.37. The van der Waals surface area contributed by atoms with Gasteiger partial charge in [0.2, 0.25) is 0 Å². The van der Waals surface area contributed by atoms with Crippen LogP contribution in [0.2, 0.25) is 0 Å². The van der Waals surface area contributed by atoms with Gasteiger partial charge < -0.3 is 15.7 Å². The zero-order valence-corrected chi connectivity index (χ0v) is 17.3. The largest absolute Gasteiger partial charge is 0.412 e. The monoisotopic (exact) mass is 412 g/mol. The topological polar surface area (TPSA) is 46.8 Å². The molecule has 0 radical (unpaired) electrons. The Balaban J connectivity index is 0.00000196. The van der Waals surface area contributed by atoms with Crippen LogP contribution in [0, 0.1) is 23.5 Å². The van der Waals surface area contributed by atoms with E-state index < -0.39 is 0 Å². The van der Waals surface area contributed by atoms with E-state index in [1.807, 2.05) is 12.1 Å². The van der Waals surface area contributed by atoms with Crippen molar-refractivity contribution in [3.8, 4) is 0 Å². The lowest BCUT2D eigenvalue weighted by molar-refractivity contribution is 0.158. The summed E-state index contributed by atoms with van der Waals surface area (Å²) >= 11 is 0. The van der Waals surface area contributed by atoms with Gasteiger partial charge >= 0.3 is 0 Å². The molecule has 0 bridgehead atoms. The molecule has 0 spiro atoms. The van der Waals surface area contributed by atoms with E-state index in [9.17, 15) is 8.78 Å². The lowest BCUT2D eigenvalue weighted by Crippen LogP contribution is -2.38. The summed E-state index contributed by atoms with van der Waals surface area (Å²) in [6, 6.07) is 13.3. The second-order valence-corrected chi connectivity index (χ2v) is 7.71. The molecule has 1 unspecified atom stereocenters. The molecule has 1 aliphatic heterocycles. The van der Waals surface area contributed by atoms with E-state index in [0.29, 0.717) is 11.8 Å². The van der Waals surface area contributed by atoms with Crippen molar-refractivity contribution in [2.24, 2.45) is 11.8 Å². The van der Waals surface area contributed by atoms with Crippen molar-refractivity contribution in [3.63, 3.8) is 0 Å². The first-order valence-corrected chi connectivity index (χ1v) is 9.51. The Morgan fingerprint density at radius 1 is 0.929 bits per heavy atom. The van der Waals surface area contributed by atoms with Gasteiger partial charge in [0.05, 0.1) is 6.04 Å². The maximum atomic E-state index is 13.4. The minimum absolute atomic E-state index is 0. The highest BCUT2D eigenvalue weighted by atomic mass is 35.5. The van der Waals surface area contributed by atoms with Crippen LogP contribution in [0.4, 0.5) is 14.5 Å². The fourth-order valence-corrected chi connectivity index (χ4v) is 3.85. The van der Waals surface area contributed by atoms with E-state index in [2.05, 4.69) is 24.1 Å². The number of nitrogens with one attached hydrogen (secondary N) is 1. The van der Waals surface area contributed by atoms with Crippen LogP contribution in [0.15, 0.2) is 48.5 Å². The third-order valence-corrected chi connectivity index (χ3v) is 5.12. The standard InChI is InChI=1S/C22H28F2N2.ClH.H2O/c1-16(2)15-26-13-11-18(12-14-26)22(17-3-5-19(23)6-4-17)25-21-9-7-20(24)8-10-21;;/h3-10,16,18,22,25H,11-15H2,1-2H3;1H;1H2. The Morgan fingerprint density at radius 3 is 1.93 bits per heavy atom. The van der Waals surface area contributed by atoms with Crippen molar-refractivity contribution in [2.75, 3.05) is 25.0 Å². The average Bonchev–Trinajstić information content (AvgIpc) is 2.62. The first-order chi connectivity index (χ1) is 12.5. The van der Waals surface area contributed by atoms with Crippen molar-refractivity contribution in [3.05, 3.63) is 65.7 Å². The van der Waals surface area contributed by atoms with Crippen molar-refractivity contribution in [1.29, 1.82) is 0 Å². The molecule has 3 rings (SSSR count). The highest BCUT2D eigenvalue weighted by Gasteiger charge is 2.28. The number of rotatable bonds is 6. The minimum Gasteiger partial charge on any atom is -0.412 e. The normalized spacial score (nSPS) is 16.2. The molecule has 0 aromatic heterocycles. The van der Waals surface area contributed by atoms with Gasteiger partial charge in [-0.15, -0.1) is 12.4 Å². The highest BCUT2D eigenvalue weighted by Crippen LogP contribution is 2.34. The van der Waals surface area contributed by atoms with Gasteiger partial charge in [-0.3, -0.25) is 0 Å². The van der Waals surface area contributed by atoms with Crippen LogP contribution < -0.4 is 5.32 Å². The van der Waals surface area contributed by atoms with Crippen LogP contribution in [-0.4, -0.2) is 30.0 Å². The summed E-state index contributed by atoms with van der Waals surface area (Å²) in [6.45, 7) is 7.82. The van der Waals surface area contributed by atoms with E-state index in [-0.39, 0.29) is 35.6 Å². The number of likely N-dealkylation sites (tertiary alicyclic amines) is 1. The number of hydrogen-bond donors (Lipinski definition) is 1. The molecule has 1 saturated heterocycles. The lowest BCUT2D eigenvalue weighted by atomic mass is 9.85. The summed E-state index contributed by atoms with van der Waals surface area (Å²) in [5, 5.41) is 3.56. The van der Waals surface area contributed by atoms with E-state index in [0.717, 1.165) is 43.7 Å². The van der Waals surface area contributed by atoms with Crippen LogP contribution in [0.1, 0.15) is 38.3 Å². The molecule has 3 nitrogen and oxygen atoms in total. The maximum Gasteiger partial charge on any atom is 0.123 e. The SMILES string of the molecule is CC(C)CN1CCC(C(Nc2ccc(F)cc2)c2ccc(F)cc2)CC1.Cl.O. The number of piperidine rings is 1. The first-order valence-electron chi connectivity index (χ1n) is 9.51. The third kappa shape index (κ3) is 6.73. The van der Waals surface area contributed by atoms with E-state index in [1.54, 1.807) is 12.1 Å². The second kappa shape index (κ2) is 11.3. The molecule has 0 aliphatic carbocycles. The van der Waals surface area contributed by atoms with Gasteiger partial charge in [0.25, 0.3) is 0 Å². The molecule has 0 amide bonds. The predicted octanol–water partition coefficient (Wildman–Crippen LogP) is 5.08. The highest BCUT2D eigenvalue weighted by molar-refractivity contribution is 5.85. The van der Waals surface area contributed by atoms with Crippen LogP contribution in [0.25, 0.3) is 0 Å². The fourth-order valence-electron chi connectivity index (χ4n) is 3.85. The molecule has 156 valence electrons. The van der Waals surface area contributed by atoms with Gasteiger partial charge in [-0.2, -0.15) is 0 Å². The van der Waals surface area contributed by atoms with Crippen LogP contribution in [0.5, 0.6) is 0 Å². The van der Waals surface area contributed by atoms with Gasteiger partial charge in [0.1, 0.15) is 11.6 Å². The quantitative estimate of drug-likeness (QED) is 0.718. The summed E-state index contributed by atoms with van der Waals surface area (Å²) in [7, 11) is 0. The molecular formula is C22H31ClF2N2O. The Hall–Kier alpha value is -1.69. The molecule has 6 heteroatoms. The molecule has 2 aromatic carbocycles. The first kappa shape index (κ1) is 24.3. The minimum atomic E-state index is -0.240. The third-order valence-electron chi connectivity index (χ3n) is 5.12. The molecule has 2 aromatic rings.